The second-order valence-corrected chi connectivity index (χ2v) is 5.84. The third-order valence-corrected chi connectivity index (χ3v) is 3.80. The van der Waals surface area contributed by atoms with Crippen LogP contribution in [0.4, 0.5) is 10.1 Å². The van der Waals surface area contributed by atoms with Crippen LogP contribution in [0, 0.1) is 5.82 Å². The van der Waals surface area contributed by atoms with Crippen LogP contribution >= 0.6 is 11.6 Å². The Bertz CT molecular complexity index is 481. The molecule has 1 saturated heterocycles. The first-order valence-electron chi connectivity index (χ1n) is 6.63. The molecule has 6 heteroatoms. The van der Waals surface area contributed by atoms with Crippen molar-refractivity contribution in [3.05, 3.63) is 29.0 Å². The Morgan fingerprint density at radius 2 is 2.00 bits per heavy atom. The Morgan fingerprint density at radius 3 is 2.60 bits per heavy atom. The average molecular weight is 300 g/mol. The fourth-order valence-corrected chi connectivity index (χ4v) is 2.50. The molecule has 2 N–H and O–H groups in total. The number of nitrogens with one attached hydrogen (secondary N) is 2. The molecule has 1 aromatic rings. The van der Waals surface area contributed by atoms with E-state index in [4.69, 9.17) is 11.6 Å². The van der Waals surface area contributed by atoms with Crippen LogP contribution in [0.1, 0.15) is 13.8 Å². The van der Waals surface area contributed by atoms with Crippen LogP contribution < -0.4 is 10.6 Å². The summed E-state index contributed by atoms with van der Waals surface area (Å²) in [6, 6.07) is 4.01. The Hall–Kier alpha value is -1.17. The lowest BCUT2D eigenvalue weighted by atomic mass is 10.0. The van der Waals surface area contributed by atoms with Crippen LogP contribution in [-0.2, 0) is 4.79 Å². The minimum atomic E-state index is -0.652. The Kier molecular flexibility index (Phi) is 4.62. The zero-order valence-corrected chi connectivity index (χ0v) is 12.4. The maximum absolute atomic E-state index is 13.3. The van der Waals surface area contributed by atoms with Gasteiger partial charge in [0.2, 0.25) is 5.91 Å². The summed E-state index contributed by atoms with van der Waals surface area (Å²) in [7, 11) is 0. The minimum Gasteiger partial charge on any atom is -0.324 e. The summed E-state index contributed by atoms with van der Waals surface area (Å²) in [6.45, 7) is 7.09. The minimum absolute atomic E-state index is 0.166. The zero-order valence-electron chi connectivity index (χ0n) is 11.7. The van der Waals surface area contributed by atoms with Gasteiger partial charge in [-0.1, -0.05) is 11.6 Å². The van der Waals surface area contributed by atoms with Gasteiger partial charge in [-0.2, -0.15) is 0 Å². The van der Waals surface area contributed by atoms with Gasteiger partial charge in [-0.15, -0.1) is 0 Å². The van der Waals surface area contributed by atoms with Crippen molar-refractivity contribution in [3.63, 3.8) is 0 Å². The third-order valence-electron chi connectivity index (χ3n) is 3.58. The summed E-state index contributed by atoms with van der Waals surface area (Å²) in [6.07, 6.45) is 0. The van der Waals surface area contributed by atoms with E-state index in [1.807, 2.05) is 13.8 Å². The second kappa shape index (κ2) is 6.08. The van der Waals surface area contributed by atoms with Crippen molar-refractivity contribution in [1.82, 2.24) is 10.2 Å². The molecule has 0 aromatic heterocycles. The van der Waals surface area contributed by atoms with Gasteiger partial charge >= 0.3 is 0 Å². The summed E-state index contributed by atoms with van der Waals surface area (Å²) >= 11 is 5.79. The summed E-state index contributed by atoms with van der Waals surface area (Å²) < 4.78 is 13.3. The molecular formula is C14H19ClFN3O. The molecule has 1 aliphatic rings. The van der Waals surface area contributed by atoms with Gasteiger partial charge in [-0.05, 0) is 32.0 Å². The second-order valence-electron chi connectivity index (χ2n) is 5.41. The number of anilines is 1. The number of benzene rings is 1. The quantitative estimate of drug-likeness (QED) is 0.898. The molecule has 0 radical (unpaired) electrons. The van der Waals surface area contributed by atoms with Gasteiger partial charge in [-0.3, -0.25) is 9.69 Å². The molecule has 2 rings (SSSR count). The molecule has 20 heavy (non-hydrogen) atoms. The maximum Gasteiger partial charge on any atom is 0.244 e. The average Bonchev–Trinajstić information content (AvgIpc) is 2.38. The van der Waals surface area contributed by atoms with E-state index in [-0.39, 0.29) is 10.9 Å². The van der Waals surface area contributed by atoms with E-state index < -0.39 is 11.4 Å². The lowest BCUT2D eigenvalue weighted by molar-refractivity contribution is -0.126. The van der Waals surface area contributed by atoms with E-state index in [9.17, 15) is 9.18 Å². The summed E-state index contributed by atoms with van der Waals surface area (Å²) in [5.41, 5.74) is -0.274. The SMILES string of the molecule is CC(C)(C(=O)Nc1cc(F)cc(Cl)c1)N1CCNCC1. The fourth-order valence-electron chi connectivity index (χ4n) is 2.28. The number of rotatable bonds is 3. The van der Waals surface area contributed by atoms with Crippen molar-refractivity contribution in [2.45, 2.75) is 19.4 Å². The summed E-state index contributed by atoms with van der Waals surface area (Å²) in [5.74, 6) is -0.631. The monoisotopic (exact) mass is 299 g/mol. The normalized spacial score (nSPS) is 17.0. The van der Waals surface area contributed by atoms with Crippen LogP contribution in [-0.4, -0.2) is 42.5 Å². The predicted molar refractivity (Wildman–Crippen MR) is 78.6 cm³/mol. The highest BCUT2D eigenvalue weighted by atomic mass is 35.5. The van der Waals surface area contributed by atoms with E-state index in [1.165, 1.54) is 18.2 Å². The van der Waals surface area contributed by atoms with Gasteiger partial charge < -0.3 is 10.6 Å². The van der Waals surface area contributed by atoms with Crippen LogP contribution in [0.25, 0.3) is 0 Å². The number of hydrogen-bond acceptors (Lipinski definition) is 3. The molecule has 110 valence electrons. The van der Waals surface area contributed by atoms with Crippen LogP contribution in [0.5, 0.6) is 0 Å². The van der Waals surface area contributed by atoms with Gasteiger partial charge in [0.15, 0.2) is 0 Å². The van der Waals surface area contributed by atoms with Gasteiger partial charge in [0.1, 0.15) is 5.82 Å². The van der Waals surface area contributed by atoms with E-state index in [0.29, 0.717) is 5.69 Å². The van der Waals surface area contributed by atoms with E-state index in [0.717, 1.165) is 26.2 Å². The fraction of sp³-hybridized carbons (Fsp3) is 0.500. The molecule has 1 heterocycles. The van der Waals surface area contributed by atoms with Crippen LogP contribution in [0.3, 0.4) is 0 Å². The molecule has 4 nitrogen and oxygen atoms in total. The summed E-state index contributed by atoms with van der Waals surface area (Å²) in [4.78, 5) is 14.5. The van der Waals surface area contributed by atoms with Gasteiger partial charge in [0.05, 0.1) is 5.54 Å². The zero-order chi connectivity index (χ0) is 14.8. The highest BCUT2D eigenvalue weighted by Gasteiger charge is 2.35. The number of halogens is 2. The number of carbonyl (C=O) groups excluding carboxylic acids is 1. The molecule has 1 aromatic carbocycles. The highest BCUT2D eigenvalue weighted by Crippen LogP contribution is 2.21. The third kappa shape index (κ3) is 3.48. The van der Waals surface area contributed by atoms with Crippen molar-refractivity contribution in [1.29, 1.82) is 0 Å². The van der Waals surface area contributed by atoms with E-state index in [2.05, 4.69) is 15.5 Å². The number of nitrogens with zero attached hydrogens (tertiary/aromatic N) is 1. The Labute approximate surface area is 123 Å². The first-order chi connectivity index (χ1) is 9.39. The van der Waals surface area contributed by atoms with Crippen molar-refractivity contribution in [2.75, 3.05) is 31.5 Å². The molecule has 0 atom stereocenters. The van der Waals surface area contributed by atoms with Crippen molar-refractivity contribution in [2.24, 2.45) is 0 Å². The lowest BCUT2D eigenvalue weighted by Gasteiger charge is -2.39. The topological polar surface area (TPSA) is 44.4 Å². The smallest absolute Gasteiger partial charge is 0.244 e. The molecule has 0 spiro atoms. The van der Waals surface area contributed by atoms with Crippen LogP contribution in [0.15, 0.2) is 18.2 Å². The van der Waals surface area contributed by atoms with Gasteiger partial charge in [0.25, 0.3) is 0 Å². The van der Waals surface area contributed by atoms with Gasteiger partial charge in [0, 0.05) is 36.9 Å². The molecule has 1 aliphatic heterocycles. The Balaban J connectivity index is 2.09. The van der Waals surface area contributed by atoms with Gasteiger partial charge in [-0.25, -0.2) is 4.39 Å². The van der Waals surface area contributed by atoms with Crippen molar-refractivity contribution < 1.29 is 9.18 Å². The first kappa shape index (κ1) is 15.2. The molecular weight excluding hydrogens is 281 g/mol. The lowest BCUT2D eigenvalue weighted by Crippen LogP contribution is -2.58. The van der Waals surface area contributed by atoms with E-state index in [1.54, 1.807) is 0 Å². The van der Waals surface area contributed by atoms with Crippen molar-refractivity contribution >= 4 is 23.2 Å². The van der Waals surface area contributed by atoms with Crippen molar-refractivity contribution in [3.8, 4) is 0 Å². The molecule has 1 fully saturated rings. The number of piperazine rings is 1. The predicted octanol–water partition coefficient (Wildman–Crippen LogP) is 2.10. The molecule has 0 aliphatic carbocycles. The van der Waals surface area contributed by atoms with E-state index >= 15 is 0 Å². The molecule has 0 bridgehead atoms. The molecule has 0 unspecified atom stereocenters. The molecule has 1 amide bonds. The maximum atomic E-state index is 13.3. The standard InChI is InChI=1S/C14H19ClFN3O/c1-14(2,19-5-3-17-4-6-19)13(20)18-12-8-10(15)7-11(16)9-12/h7-9,17H,3-6H2,1-2H3,(H,18,20). The summed E-state index contributed by atoms with van der Waals surface area (Å²) in [5, 5.41) is 6.25. The Morgan fingerprint density at radius 1 is 1.35 bits per heavy atom. The number of carbonyl (C=O) groups is 1. The first-order valence-corrected chi connectivity index (χ1v) is 7.01. The largest absolute Gasteiger partial charge is 0.324 e. The molecule has 0 saturated carbocycles. The number of amides is 1. The van der Waals surface area contributed by atoms with Crippen LogP contribution in [0.2, 0.25) is 5.02 Å². The highest BCUT2D eigenvalue weighted by molar-refractivity contribution is 6.30. The number of hydrogen-bond donors (Lipinski definition) is 2.